The van der Waals surface area contributed by atoms with E-state index in [1.54, 1.807) is 0 Å². The maximum absolute atomic E-state index is 10.1. The van der Waals surface area contributed by atoms with Crippen LogP contribution in [0.15, 0.2) is 42.5 Å². The highest BCUT2D eigenvalue weighted by Gasteiger charge is 2.29. The predicted octanol–water partition coefficient (Wildman–Crippen LogP) is 3.67. The first-order chi connectivity index (χ1) is 14.1. The maximum atomic E-state index is 10.1. The zero-order chi connectivity index (χ0) is 20.2. The van der Waals surface area contributed by atoms with Gasteiger partial charge in [0, 0.05) is 24.3 Å². The van der Waals surface area contributed by atoms with Gasteiger partial charge in [0.25, 0.3) is 0 Å². The second-order valence-electron chi connectivity index (χ2n) is 7.83. The lowest BCUT2D eigenvalue weighted by Gasteiger charge is -2.32. The maximum Gasteiger partial charge on any atom is 0.124 e. The smallest absolute Gasteiger partial charge is 0.124 e. The first kappa shape index (κ1) is 20.6. The summed E-state index contributed by atoms with van der Waals surface area (Å²) in [4.78, 5) is 0. The number of hydrogen-bond acceptors (Lipinski definition) is 5. The molecule has 0 saturated carbocycles. The average Bonchev–Trinajstić information content (AvgIpc) is 3.23. The van der Waals surface area contributed by atoms with E-state index in [-0.39, 0.29) is 24.9 Å². The Balaban J connectivity index is 1.45. The van der Waals surface area contributed by atoms with E-state index < -0.39 is 6.10 Å². The van der Waals surface area contributed by atoms with Crippen LogP contribution in [0.5, 0.6) is 5.75 Å². The molecule has 2 heterocycles. The van der Waals surface area contributed by atoms with E-state index in [1.165, 1.54) is 0 Å². The molecule has 2 aliphatic heterocycles. The summed E-state index contributed by atoms with van der Waals surface area (Å²) in [5.41, 5.74) is 3.12. The summed E-state index contributed by atoms with van der Waals surface area (Å²) in [6.45, 7) is 1.33. The highest BCUT2D eigenvalue weighted by molar-refractivity contribution is 6.31. The molecule has 2 saturated heterocycles. The van der Waals surface area contributed by atoms with Crippen molar-refractivity contribution in [2.75, 3.05) is 19.8 Å². The minimum atomic E-state index is -0.470. The minimum Gasteiger partial charge on any atom is -0.488 e. The number of rotatable bonds is 6. The molecule has 2 aromatic rings. The van der Waals surface area contributed by atoms with Crippen molar-refractivity contribution < 1.29 is 24.4 Å². The molecule has 0 aliphatic carbocycles. The first-order valence-corrected chi connectivity index (χ1v) is 10.5. The second kappa shape index (κ2) is 9.45. The summed E-state index contributed by atoms with van der Waals surface area (Å²) in [6, 6.07) is 13.9. The highest BCUT2D eigenvalue weighted by atomic mass is 35.5. The topological polar surface area (TPSA) is 68.2 Å². The van der Waals surface area contributed by atoms with Crippen molar-refractivity contribution >= 4 is 11.6 Å². The number of aliphatic hydroxyl groups excluding tert-OH is 2. The lowest BCUT2D eigenvalue weighted by molar-refractivity contribution is -0.113. The Bertz CT molecular complexity index is 803. The van der Waals surface area contributed by atoms with Crippen LogP contribution in [0.3, 0.4) is 0 Å². The minimum absolute atomic E-state index is 0.0879. The zero-order valence-corrected chi connectivity index (χ0v) is 17.1. The molecule has 2 unspecified atom stereocenters. The third-order valence-electron chi connectivity index (χ3n) is 5.53. The van der Waals surface area contributed by atoms with Gasteiger partial charge in [0.15, 0.2) is 0 Å². The number of ether oxygens (including phenoxy) is 3. The molecule has 2 aliphatic rings. The Morgan fingerprint density at radius 3 is 2.66 bits per heavy atom. The molecule has 156 valence electrons. The molecule has 2 aromatic carbocycles. The van der Waals surface area contributed by atoms with E-state index in [1.807, 2.05) is 30.3 Å². The van der Waals surface area contributed by atoms with Crippen molar-refractivity contribution in [1.82, 2.24) is 0 Å². The number of benzene rings is 2. The fourth-order valence-electron chi connectivity index (χ4n) is 3.96. The van der Waals surface area contributed by atoms with Crippen LogP contribution < -0.4 is 4.74 Å². The van der Waals surface area contributed by atoms with E-state index in [0.717, 1.165) is 35.5 Å². The quantitative estimate of drug-likeness (QED) is 0.749. The summed E-state index contributed by atoms with van der Waals surface area (Å²) >= 11 is 6.45. The fraction of sp³-hybridized carbons (Fsp3) is 0.478. The van der Waals surface area contributed by atoms with Crippen LogP contribution in [-0.2, 0) is 15.9 Å². The lowest BCUT2D eigenvalue weighted by atomic mass is 9.94. The van der Waals surface area contributed by atoms with Gasteiger partial charge in [-0.3, -0.25) is 0 Å². The Morgan fingerprint density at radius 1 is 1.10 bits per heavy atom. The predicted molar refractivity (Wildman–Crippen MR) is 110 cm³/mol. The Hall–Kier alpha value is -1.63. The fourth-order valence-corrected chi connectivity index (χ4v) is 4.14. The van der Waals surface area contributed by atoms with Gasteiger partial charge < -0.3 is 24.4 Å². The summed E-state index contributed by atoms with van der Waals surface area (Å²) in [5.74, 6) is 0.851. The summed E-state index contributed by atoms with van der Waals surface area (Å²) in [7, 11) is 0. The molecule has 0 spiro atoms. The van der Waals surface area contributed by atoms with E-state index in [2.05, 4.69) is 12.1 Å². The SMILES string of the molecule is OCC1C[C@H](O)CC(c2ccc(Cl)c(Cc3ccc(O[C@H]4CCOC4)cc3)c2)O1. The third kappa shape index (κ3) is 5.30. The molecule has 6 heteroatoms. The molecule has 0 aromatic heterocycles. The largest absolute Gasteiger partial charge is 0.488 e. The molecular weight excluding hydrogens is 392 g/mol. The van der Waals surface area contributed by atoms with Gasteiger partial charge >= 0.3 is 0 Å². The van der Waals surface area contributed by atoms with Gasteiger partial charge in [0.1, 0.15) is 11.9 Å². The van der Waals surface area contributed by atoms with Crippen molar-refractivity contribution in [2.45, 2.75) is 50.1 Å². The van der Waals surface area contributed by atoms with Crippen LogP contribution in [0.25, 0.3) is 0 Å². The Morgan fingerprint density at radius 2 is 1.93 bits per heavy atom. The van der Waals surface area contributed by atoms with E-state index in [0.29, 0.717) is 30.9 Å². The summed E-state index contributed by atoms with van der Waals surface area (Å²) < 4.78 is 17.2. The summed E-state index contributed by atoms with van der Waals surface area (Å²) in [5, 5.41) is 20.2. The van der Waals surface area contributed by atoms with Crippen molar-refractivity contribution in [3.63, 3.8) is 0 Å². The molecule has 29 heavy (non-hydrogen) atoms. The highest BCUT2D eigenvalue weighted by Crippen LogP contribution is 2.34. The van der Waals surface area contributed by atoms with E-state index in [4.69, 9.17) is 25.8 Å². The van der Waals surface area contributed by atoms with Gasteiger partial charge in [-0.05, 0) is 41.3 Å². The molecule has 0 amide bonds. The van der Waals surface area contributed by atoms with Crippen molar-refractivity contribution in [2.24, 2.45) is 0 Å². The number of aliphatic hydroxyl groups is 2. The first-order valence-electron chi connectivity index (χ1n) is 10.2. The summed E-state index contributed by atoms with van der Waals surface area (Å²) in [6.07, 6.45) is 1.71. The Kier molecular flexibility index (Phi) is 6.73. The molecule has 4 rings (SSSR count). The van der Waals surface area contributed by atoms with Gasteiger partial charge in [0.05, 0.1) is 38.1 Å². The van der Waals surface area contributed by atoms with Gasteiger partial charge in [0.2, 0.25) is 0 Å². The van der Waals surface area contributed by atoms with Crippen LogP contribution >= 0.6 is 11.6 Å². The molecule has 2 fully saturated rings. The molecule has 5 nitrogen and oxygen atoms in total. The average molecular weight is 419 g/mol. The standard InChI is InChI=1S/C23H27ClO5/c24-22-6-3-16(23-12-18(26)11-21(13-25)29-23)10-17(22)9-15-1-4-19(5-2-15)28-20-7-8-27-14-20/h1-6,10,18,20-21,23,25-26H,7-9,11-14H2/t18-,20-,21?,23?/m0/s1. The molecule has 2 N–H and O–H groups in total. The number of hydrogen-bond donors (Lipinski definition) is 2. The Labute approximate surface area is 176 Å². The molecule has 4 atom stereocenters. The zero-order valence-electron chi connectivity index (χ0n) is 16.3. The second-order valence-corrected chi connectivity index (χ2v) is 8.24. The van der Waals surface area contributed by atoms with Crippen LogP contribution in [-0.4, -0.2) is 48.3 Å². The number of halogens is 1. The van der Waals surface area contributed by atoms with Gasteiger partial charge in [-0.25, -0.2) is 0 Å². The van der Waals surface area contributed by atoms with Crippen LogP contribution in [0, 0.1) is 0 Å². The van der Waals surface area contributed by atoms with Gasteiger partial charge in [-0.15, -0.1) is 0 Å². The normalized spacial score (nSPS) is 27.1. The van der Waals surface area contributed by atoms with Crippen LogP contribution in [0.4, 0.5) is 0 Å². The molecule has 0 radical (unpaired) electrons. The van der Waals surface area contributed by atoms with E-state index >= 15 is 0 Å². The molecule has 0 bridgehead atoms. The van der Waals surface area contributed by atoms with Crippen LogP contribution in [0.2, 0.25) is 5.02 Å². The van der Waals surface area contributed by atoms with Gasteiger partial charge in [-0.1, -0.05) is 35.9 Å². The van der Waals surface area contributed by atoms with Crippen molar-refractivity contribution in [3.8, 4) is 5.75 Å². The third-order valence-corrected chi connectivity index (χ3v) is 5.90. The van der Waals surface area contributed by atoms with Crippen molar-refractivity contribution in [3.05, 3.63) is 64.2 Å². The lowest BCUT2D eigenvalue weighted by Crippen LogP contribution is -2.33. The molecular formula is C23H27ClO5. The van der Waals surface area contributed by atoms with Crippen LogP contribution in [0.1, 0.15) is 42.1 Å². The van der Waals surface area contributed by atoms with Crippen molar-refractivity contribution in [1.29, 1.82) is 0 Å². The van der Waals surface area contributed by atoms with E-state index in [9.17, 15) is 10.2 Å². The van der Waals surface area contributed by atoms with Gasteiger partial charge in [-0.2, -0.15) is 0 Å². The monoisotopic (exact) mass is 418 g/mol.